The predicted molar refractivity (Wildman–Crippen MR) is 75.6 cm³/mol. The molecule has 19 heavy (non-hydrogen) atoms. The summed E-state index contributed by atoms with van der Waals surface area (Å²) in [6, 6.07) is 5.65. The van der Waals surface area contributed by atoms with Crippen molar-refractivity contribution >= 4 is 5.84 Å². The highest BCUT2D eigenvalue weighted by atomic mass is 16.5. The zero-order chi connectivity index (χ0) is 13.7. The predicted octanol–water partition coefficient (Wildman–Crippen LogP) is 2.69. The molecule has 0 atom stereocenters. The second kappa shape index (κ2) is 6.57. The third-order valence-corrected chi connectivity index (χ3v) is 3.65. The van der Waals surface area contributed by atoms with Gasteiger partial charge in [0, 0.05) is 6.61 Å². The van der Waals surface area contributed by atoms with E-state index in [1.165, 1.54) is 25.7 Å². The van der Waals surface area contributed by atoms with Crippen molar-refractivity contribution in [3.8, 4) is 5.75 Å². The Morgan fingerprint density at radius 1 is 1.37 bits per heavy atom. The van der Waals surface area contributed by atoms with E-state index in [-0.39, 0.29) is 5.84 Å². The summed E-state index contributed by atoms with van der Waals surface area (Å²) < 4.78 is 11.0. The molecule has 0 bridgehead atoms. The van der Waals surface area contributed by atoms with Crippen molar-refractivity contribution in [1.82, 2.24) is 0 Å². The van der Waals surface area contributed by atoms with Gasteiger partial charge in [-0.1, -0.05) is 18.9 Å². The monoisotopic (exact) mass is 262 g/mol. The van der Waals surface area contributed by atoms with Crippen molar-refractivity contribution in [2.45, 2.75) is 32.3 Å². The molecule has 3 N–H and O–H groups in total. The molecule has 0 spiro atoms. The van der Waals surface area contributed by atoms with Crippen LogP contribution in [0, 0.1) is 11.3 Å². The van der Waals surface area contributed by atoms with Crippen molar-refractivity contribution in [3.05, 3.63) is 29.3 Å². The number of nitrogens with one attached hydrogen (secondary N) is 1. The average molecular weight is 262 g/mol. The number of nitrogens with two attached hydrogens (primary N) is 1. The number of methoxy groups -OCH3 is 1. The van der Waals surface area contributed by atoms with E-state index in [1.54, 1.807) is 7.11 Å². The fourth-order valence-electron chi connectivity index (χ4n) is 2.57. The first-order valence-electron chi connectivity index (χ1n) is 6.79. The largest absolute Gasteiger partial charge is 0.496 e. The van der Waals surface area contributed by atoms with Gasteiger partial charge in [-0.25, -0.2) is 0 Å². The Morgan fingerprint density at radius 2 is 2.11 bits per heavy atom. The summed E-state index contributed by atoms with van der Waals surface area (Å²) in [6.07, 6.45) is 5.28. The van der Waals surface area contributed by atoms with Gasteiger partial charge in [0.15, 0.2) is 0 Å². The maximum atomic E-state index is 7.47. The number of hydrogen-bond donors (Lipinski definition) is 2. The molecule has 1 fully saturated rings. The first-order valence-corrected chi connectivity index (χ1v) is 6.79. The highest BCUT2D eigenvalue weighted by Crippen LogP contribution is 2.25. The maximum absolute atomic E-state index is 7.47. The van der Waals surface area contributed by atoms with Gasteiger partial charge in [0.05, 0.1) is 19.3 Å². The van der Waals surface area contributed by atoms with Crippen molar-refractivity contribution in [3.63, 3.8) is 0 Å². The Kier molecular flexibility index (Phi) is 4.80. The summed E-state index contributed by atoms with van der Waals surface area (Å²) >= 11 is 0. The average Bonchev–Trinajstić information content (AvgIpc) is 2.91. The molecule has 0 aliphatic heterocycles. The van der Waals surface area contributed by atoms with Crippen LogP contribution in [-0.4, -0.2) is 19.6 Å². The molecule has 0 amide bonds. The van der Waals surface area contributed by atoms with Crippen molar-refractivity contribution in [2.75, 3.05) is 13.7 Å². The Balaban J connectivity index is 1.91. The third-order valence-electron chi connectivity index (χ3n) is 3.65. The minimum Gasteiger partial charge on any atom is -0.496 e. The fraction of sp³-hybridized carbons (Fsp3) is 0.533. The minimum atomic E-state index is 0.0234. The molecule has 0 heterocycles. The second-order valence-corrected chi connectivity index (χ2v) is 5.11. The van der Waals surface area contributed by atoms with E-state index >= 15 is 0 Å². The van der Waals surface area contributed by atoms with Crippen LogP contribution in [0.1, 0.15) is 36.8 Å². The van der Waals surface area contributed by atoms with Crippen molar-refractivity contribution in [1.29, 1.82) is 5.41 Å². The van der Waals surface area contributed by atoms with Crippen LogP contribution in [0.15, 0.2) is 18.2 Å². The van der Waals surface area contributed by atoms with Crippen LogP contribution in [0.2, 0.25) is 0 Å². The Hall–Kier alpha value is -1.55. The van der Waals surface area contributed by atoms with Gasteiger partial charge >= 0.3 is 0 Å². The molecule has 0 aromatic heterocycles. The Labute approximate surface area is 114 Å². The highest BCUT2D eigenvalue weighted by molar-refractivity contribution is 5.97. The SMILES string of the molecule is COc1cc(COCC2CCCC2)ccc1C(=N)N. The van der Waals surface area contributed by atoms with E-state index in [0.717, 1.165) is 18.1 Å². The number of benzene rings is 1. The minimum absolute atomic E-state index is 0.0234. The lowest BCUT2D eigenvalue weighted by atomic mass is 10.1. The normalized spacial score (nSPS) is 15.6. The summed E-state index contributed by atoms with van der Waals surface area (Å²) in [6.45, 7) is 1.43. The third kappa shape index (κ3) is 3.70. The maximum Gasteiger partial charge on any atom is 0.130 e. The molecule has 1 aromatic rings. The van der Waals surface area contributed by atoms with Crippen LogP contribution in [0.3, 0.4) is 0 Å². The molecule has 1 aromatic carbocycles. The molecular weight excluding hydrogens is 240 g/mol. The molecule has 1 aliphatic rings. The van der Waals surface area contributed by atoms with E-state index < -0.39 is 0 Å². The molecule has 0 unspecified atom stereocenters. The standard InChI is InChI=1S/C15H22N2O2/c1-18-14-8-12(6-7-13(14)15(16)17)10-19-9-11-4-2-3-5-11/h6-8,11H,2-5,9-10H2,1H3,(H3,16,17). The second-order valence-electron chi connectivity index (χ2n) is 5.11. The Morgan fingerprint density at radius 3 is 2.74 bits per heavy atom. The number of ether oxygens (including phenoxy) is 2. The summed E-state index contributed by atoms with van der Waals surface area (Å²) in [5.74, 6) is 1.39. The summed E-state index contributed by atoms with van der Waals surface area (Å²) in [4.78, 5) is 0. The van der Waals surface area contributed by atoms with E-state index in [2.05, 4.69) is 0 Å². The van der Waals surface area contributed by atoms with Gasteiger partial charge in [-0.05, 0) is 36.5 Å². The first kappa shape index (κ1) is 13.9. The Bertz CT molecular complexity index is 440. The summed E-state index contributed by atoms with van der Waals surface area (Å²) in [7, 11) is 1.59. The molecule has 1 aliphatic carbocycles. The quantitative estimate of drug-likeness (QED) is 0.611. The van der Waals surface area contributed by atoms with Gasteiger partial charge < -0.3 is 15.2 Å². The van der Waals surface area contributed by atoms with Crippen LogP contribution >= 0.6 is 0 Å². The molecule has 0 saturated heterocycles. The summed E-state index contributed by atoms with van der Waals surface area (Å²) in [5.41, 5.74) is 7.18. The van der Waals surface area contributed by atoms with E-state index in [4.69, 9.17) is 20.6 Å². The van der Waals surface area contributed by atoms with Crippen molar-refractivity contribution in [2.24, 2.45) is 11.7 Å². The molecule has 104 valence electrons. The van der Waals surface area contributed by atoms with Crippen LogP contribution in [0.25, 0.3) is 0 Å². The fourth-order valence-corrected chi connectivity index (χ4v) is 2.57. The van der Waals surface area contributed by atoms with Crippen molar-refractivity contribution < 1.29 is 9.47 Å². The molecule has 4 heteroatoms. The number of hydrogen-bond acceptors (Lipinski definition) is 3. The van der Waals surface area contributed by atoms with Gasteiger partial charge in [-0.2, -0.15) is 0 Å². The molecule has 1 saturated carbocycles. The smallest absolute Gasteiger partial charge is 0.130 e. The zero-order valence-corrected chi connectivity index (χ0v) is 11.4. The van der Waals surface area contributed by atoms with Gasteiger partial charge in [0.2, 0.25) is 0 Å². The van der Waals surface area contributed by atoms with E-state index in [1.807, 2.05) is 18.2 Å². The number of amidine groups is 1. The molecule has 4 nitrogen and oxygen atoms in total. The zero-order valence-electron chi connectivity index (χ0n) is 11.4. The molecule has 0 radical (unpaired) electrons. The van der Waals surface area contributed by atoms with Crippen LogP contribution < -0.4 is 10.5 Å². The first-order chi connectivity index (χ1) is 9.20. The van der Waals surface area contributed by atoms with E-state index in [0.29, 0.717) is 17.9 Å². The number of nitrogen functional groups attached to an aromatic ring is 1. The lowest BCUT2D eigenvalue weighted by Crippen LogP contribution is -2.13. The lowest BCUT2D eigenvalue weighted by molar-refractivity contribution is 0.0887. The topological polar surface area (TPSA) is 68.3 Å². The van der Waals surface area contributed by atoms with Gasteiger partial charge in [0.1, 0.15) is 11.6 Å². The van der Waals surface area contributed by atoms with Gasteiger partial charge in [-0.3, -0.25) is 5.41 Å². The summed E-state index contributed by atoms with van der Waals surface area (Å²) in [5, 5.41) is 7.47. The van der Waals surface area contributed by atoms with Gasteiger partial charge in [-0.15, -0.1) is 0 Å². The molecule has 2 rings (SSSR count). The number of rotatable bonds is 6. The molecular formula is C15H22N2O2. The van der Waals surface area contributed by atoms with Crippen LogP contribution in [0.5, 0.6) is 5.75 Å². The van der Waals surface area contributed by atoms with Gasteiger partial charge in [0.25, 0.3) is 0 Å². The van der Waals surface area contributed by atoms with Crippen LogP contribution in [0.4, 0.5) is 0 Å². The highest BCUT2D eigenvalue weighted by Gasteiger charge is 2.15. The van der Waals surface area contributed by atoms with E-state index in [9.17, 15) is 0 Å². The van der Waals surface area contributed by atoms with Crippen LogP contribution in [-0.2, 0) is 11.3 Å². The lowest BCUT2D eigenvalue weighted by Gasteiger charge is -2.12.